The molecule has 2 fully saturated rings. The summed E-state index contributed by atoms with van der Waals surface area (Å²) in [6.45, 7) is 1.11. The summed E-state index contributed by atoms with van der Waals surface area (Å²) in [6.07, 6.45) is 4.23. The van der Waals surface area contributed by atoms with Crippen LogP contribution in [0.25, 0.3) is 22.2 Å². The second-order valence-electron chi connectivity index (χ2n) is 8.16. The Kier molecular flexibility index (Phi) is 4.94. The summed E-state index contributed by atoms with van der Waals surface area (Å²) < 4.78 is 26.6. The number of aromatic nitrogens is 2. The lowest BCUT2D eigenvalue weighted by molar-refractivity contribution is -0.117. The van der Waals surface area contributed by atoms with E-state index in [1.54, 1.807) is 6.20 Å². The molecule has 1 saturated carbocycles. The summed E-state index contributed by atoms with van der Waals surface area (Å²) in [5.41, 5.74) is 4.00. The molecule has 8 nitrogen and oxygen atoms in total. The van der Waals surface area contributed by atoms with Gasteiger partial charge < -0.3 is 15.6 Å². The highest BCUT2D eigenvalue weighted by molar-refractivity contribution is 7.93. The molecule has 3 N–H and O–H groups in total. The molecular weight excluding hydrogens is 414 g/mol. The van der Waals surface area contributed by atoms with Gasteiger partial charge in [-0.1, -0.05) is 18.2 Å². The van der Waals surface area contributed by atoms with Gasteiger partial charge in [0, 0.05) is 41.8 Å². The molecule has 0 spiro atoms. The molecule has 2 aromatic heterocycles. The molecule has 1 aliphatic carbocycles. The van der Waals surface area contributed by atoms with Gasteiger partial charge in [-0.3, -0.25) is 9.10 Å². The van der Waals surface area contributed by atoms with Gasteiger partial charge in [0.1, 0.15) is 0 Å². The first-order valence-corrected chi connectivity index (χ1v) is 12.1. The Morgan fingerprint density at radius 3 is 2.81 bits per heavy atom. The minimum atomic E-state index is -3.30. The Morgan fingerprint density at radius 2 is 2.10 bits per heavy atom. The van der Waals surface area contributed by atoms with Gasteiger partial charge >= 0.3 is 0 Å². The van der Waals surface area contributed by atoms with Crippen LogP contribution in [0.5, 0.6) is 0 Å². The zero-order chi connectivity index (χ0) is 21.6. The van der Waals surface area contributed by atoms with Gasteiger partial charge in [0.2, 0.25) is 15.9 Å². The van der Waals surface area contributed by atoms with Crippen molar-refractivity contribution in [2.45, 2.75) is 25.8 Å². The van der Waals surface area contributed by atoms with Crippen molar-refractivity contribution in [1.82, 2.24) is 15.3 Å². The van der Waals surface area contributed by atoms with E-state index in [0.29, 0.717) is 31.0 Å². The number of hydrogen-bond acceptors (Lipinski definition) is 5. The van der Waals surface area contributed by atoms with Gasteiger partial charge in [-0.25, -0.2) is 13.4 Å². The smallest absolute Gasteiger partial charge is 0.235 e. The number of carbonyl (C=O) groups excluding carboxylic acids is 1. The molecule has 1 aliphatic heterocycles. The topological polar surface area (TPSA) is 107 Å². The number of hydrogen-bond donors (Lipinski definition) is 3. The molecule has 2 aliphatic rings. The molecule has 31 heavy (non-hydrogen) atoms. The summed E-state index contributed by atoms with van der Waals surface area (Å²) in [6, 6.07) is 9.52. The standard InChI is InChI=1S/C22H25N5O3S/c1-23-12-15-13-24-21(26-22(28)14-7-8-14)20-17(15)11-18(25-20)16-5-2-3-6-19(16)27-9-4-10-31(27,29)30/h2-3,5-6,11,13-14,23,25H,4,7-10,12H2,1H3,(H,24,26,28). The van der Waals surface area contributed by atoms with Crippen molar-refractivity contribution >= 4 is 38.3 Å². The van der Waals surface area contributed by atoms with Gasteiger partial charge in [0.05, 0.1) is 17.0 Å². The largest absolute Gasteiger partial charge is 0.351 e. The number of fused-ring (bicyclic) bond motifs is 1. The number of pyridine rings is 1. The number of H-pyrrole nitrogens is 1. The maximum Gasteiger partial charge on any atom is 0.235 e. The molecule has 0 bridgehead atoms. The molecule has 1 aromatic carbocycles. The second-order valence-corrected chi connectivity index (χ2v) is 10.2. The molecule has 3 heterocycles. The van der Waals surface area contributed by atoms with Gasteiger partial charge in [-0.2, -0.15) is 0 Å². The molecular formula is C22H25N5O3S. The van der Waals surface area contributed by atoms with Gasteiger partial charge in [-0.05, 0) is 44.0 Å². The maximum absolute atomic E-state index is 12.6. The van der Waals surface area contributed by atoms with E-state index < -0.39 is 10.0 Å². The number of benzene rings is 1. The summed E-state index contributed by atoms with van der Waals surface area (Å²) >= 11 is 0. The third-order valence-electron chi connectivity index (χ3n) is 5.87. The van der Waals surface area contributed by atoms with E-state index in [0.717, 1.165) is 40.6 Å². The molecule has 5 rings (SSSR count). The predicted octanol–water partition coefficient (Wildman–Crippen LogP) is 2.84. The van der Waals surface area contributed by atoms with E-state index in [9.17, 15) is 13.2 Å². The van der Waals surface area contributed by atoms with E-state index in [1.165, 1.54) is 4.31 Å². The number of sulfonamides is 1. The van der Waals surface area contributed by atoms with Gasteiger partial charge in [0.25, 0.3) is 0 Å². The highest BCUT2D eigenvalue weighted by Crippen LogP contribution is 2.38. The van der Waals surface area contributed by atoms with E-state index in [4.69, 9.17) is 0 Å². The zero-order valence-corrected chi connectivity index (χ0v) is 18.1. The van der Waals surface area contributed by atoms with Crippen LogP contribution in [-0.2, 0) is 21.4 Å². The first-order valence-electron chi connectivity index (χ1n) is 10.5. The van der Waals surface area contributed by atoms with Crippen molar-refractivity contribution in [2.24, 2.45) is 5.92 Å². The zero-order valence-electron chi connectivity index (χ0n) is 17.3. The molecule has 3 aromatic rings. The molecule has 0 atom stereocenters. The van der Waals surface area contributed by atoms with Crippen molar-refractivity contribution in [3.63, 3.8) is 0 Å². The second kappa shape index (κ2) is 7.65. The van der Waals surface area contributed by atoms with Crippen molar-refractivity contribution in [2.75, 3.05) is 29.0 Å². The third-order valence-corrected chi connectivity index (χ3v) is 7.72. The van der Waals surface area contributed by atoms with E-state index in [2.05, 4.69) is 20.6 Å². The number of aromatic amines is 1. The lowest BCUT2D eigenvalue weighted by atomic mass is 10.1. The minimum absolute atomic E-state index is 0.00474. The van der Waals surface area contributed by atoms with Crippen LogP contribution in [-0.4, -0.2) is 43.6 Å². The lowest BCUT2D eigenvalue weighted by Gasteiger charge is -2.20. The first-order chi connectivity index (χ1) is 15.0. The van der Waals surface area contributed by atoms with Crippen molar-refractivity contribution < 1.29 is 13.2 Å². The fourth-order valence-electron chi connectivity index (χ4n) is 4.14. The Morgan fingerprint density at radius 1 is 1.29 bits per heavy atom. The molecule has 0 unspecified atom stereocenters. The van der Waals surface area contributed by atoms with Crippen LogP contribution in [0.15, 0.2) is 36.5 Å². The number of rotatable bonds is 6. The monoisotopic (exact) mass is 439 g/mol. The molecule has 0 radical (unpaired) electrons. The number of para-hydroxylation sites is 1. The summed E-state index contributed by atoms with van der Waals surface area (Å²) in [5.74, 6) is 0.741. The Hall–Kier alpha value is -2.91. The number of nitrogens with zero attached hydrogens (tertiary/aromatic N) is 2. The molecule has 1 saturated heterocycles. The summed E-state index contributed by atoms with van der Waals surface area (Å²) in [5, 5.41) is 7.06. The van der Waals surface area contributed by atoms with Crippen molar-refractivity contribution in [3.8, 4) is 11.3 Å². The van der Waals surface area contributed by atoms with E-state index in [1.807, 2.05) is 37.4 Å². The number of nitrogens with one attached hydrogen (secondary N) is 3. The van der Waals surface area contributed by atoms with Crippen molar-refractivity contribution in [1.29, 1.82) is 0 Å². The SMILES string of the molecule is CNCc1cnc(NC(=O)C2CC2)c2[nH]c(-c3ccccc3N3CCCS3(=O)=O)cc12. The normalized spacial score (nSPS) is 17.9. The lowest BCUT2D eigenvalue weighted by Crippen LogP contribution is -2.25. The van der Waals surface area contributed by atoms with E-state index >= 15 is 0 Å². The number of anilines is 2. The highest BCUT2D eigenvalue weighted by atomic mass is 32.2. The average molecular weight is 440 g/mol. The van der Waals surface area contributed by atoms with Crippen molar-refractivity contribution in [3.05, 3.63) is 42.1 Å². The number of carbonyl (C=O) groups is 1. The van der Waals surface area contributed by atoms with Crippen LogP contribution >= 0.6 is 0 Å². The van der Waals surface area contributed by atoms with Crippen LogP contribution < -0.4 is 14.9 Å². The molecule has 9 heteroatoms. The first kappa shape index (κ1) is 20.0. The summed E-state index contributed by atoms with van der Waals surface area (Å²) in [4.78, 5) is 20.3. The molecule has 1 amide bonds. The Bertz CT molecular complexity index is 1260. The Balaban J connectivity index is 1.63. The fourth-order valence-corrected chi connectivity index (χ4v) is 5.72. The highest BCUT2D eigenvalue weighted by Gasteiger charge is 2.32. The number of amides is 1. The quantitative estimate of drug-likeness (QED) is 0.548. The maximum atomic E-state index is 12.6. The minimum Gasteiger partial charge on any atom is -0.351 e. The van der Waals surface area contributed by atoms with Crippen LogP contribution in [0.2, 0.25) is 0 Å². The van der Waals surface area contributed by atoms with Gasteiger partial charge in [0.15, 0.2) is 5.82 Å². The van der Waals surface area contributed by atoms with Crippen LogP contribution in [0.1, 0.15) is 24.8 Å². The van der Waals surface area contributed by atoms with Crippen LogP contribution in [0, 0.1) is 5.92 Å². The Labute approximate surface area is 181 Å². The fraction of sp³-hybridized carbons (Fsp3) is 0.364. The predicted molar refractivity (Wildman–Crippen MR) is 121 cm³/mol. The van der Waals surface area contributed by atoms with Gasteiger partial charge in [-0.15, -0.1) is 0 Å². The average Bonchev–Trinajstić information content (AvgIpc) is 3.41. The third kappa shape index (κ3) is 3.68. The summed E-state index contributed by atoms with van der Waals surface area (Å²) in [7, 11) is -1.43. The molecule has 162 valence electrons. The van der Waals surface area contributed by atoms with Crippen LogP contribution in [0.4, 0.5) is 11.5 Å². The van der Waals surface area contributed by atoms with E-state index in [-0.39, 0.29) is 17.6 Å². The van der Waals surface area contributed by atoms with Crippen LogP contribution in [0.3, 0.4) is 0 Å².